The van der Waals surface area contributed by atoms with Gasteiger partial charge in [-0.1, -0.05) is 48.0 Å². The minimum Gasteiger partial charge on any atom is -0.357 e. The van der Waals surface area contributed by atoms with Crippen molar-refractivity contribution in [1.82, 2.24) is 19.3 Å². The van der Waals surface area contributed by atoms with Crippen LogP contribution < -0.4 is 0 Å². The maximum atomic E-state index is 2.69. The summed E-state index contributed by atoms with van der Waals surface area (Å²) in [7, 11) is 4.21. The van der Waals surface area contributed by atoms with Gasteiger partial charge in [-0.3, -0.25) is 0 Å². The van der Waals surface area contributed by atoms with Crippen LogP contribution in [0, 0.1) is 23.7 Å². The van der Waals surface area contributed by atoms with Gasteiger partial charge in [0.1, 0.15) is 0 Å². The van der Waals surface area contributed by atoms with Crippen molar-refractivity contribution in [3.8, 4) is 0 Å². The van der Waals surface area contributed by atoms with Gasteiger partial charge in [0.2, 0.25) is 0 Å². The Morgan fingerprint density at radius 2 is 0.919 bits per heavy atom. The molecule has 37 heavy (non-hydrogen) atoms. The summed E-state index contributed by atoms with van der Waals surface area (Å²) >= 11 is 0. The van der Waals surface area contributed by atoms with E-state index in [1.807, 2.05) is 63.8 Å². The van der Waals surface area contributed by atoms with Gasteiger partial charge in [0.05, 0.1) is 0 Å². The van der Waals surface area contributed by atoms with Gasteiger partial charge in [-0.2, -0.15) is 0 Å². The van der Waals surface area contributed by atoms with Gasteiger partial charge in [-0.05, 0) is 127 Å². The third-order valence-electron chi connectivity index (χ3n) is 8.69. The molecular formula is C33H66N4. The number of piperidine rings is 6. The molecular weight excluding hydrogens is 452 g/mol. The normalized spacial score (nSPS) is 32.5. The van der Waals surface area contributed by atoms with E-state index < -0.39 is 0 Å². The molecule has 7 saturated heterocycles. The van der Waals surface area contributed by atoms with Gasteiger partial charge >= 0.3 is 0 Å². The lowest BCUT2D eigenvalue weighted by Gasteiger charge is -2.51. The first-order chi connectivity index (χ1) is 17.6. The van der Waals surface area contributed by atoms with Crippen molar-refractivity contribution in [3.05, 3.63) is 24.5 Å². The van der Waals surface area contributed by atoms with Crippen molar-refractivity contribution >= 4 is 0 Å². The van der Waals surface area contributed by atoms with E-state index in [0.717, 1.165) is 23.7 Å². The van der Waals surface area contributed by atoms with Crippen molar-refractivity contribution in [2.45, 2.75) is 99.3 Å². The maximum Gasteiger partial charge on any atom is 0.0106 e. The molecule has 9 rings (SSSR count). The Hall–Kier alpha value is -0.840. The second-order valence-electron chi connectivity index (χ2n) is 11.7. The van der Waals surface area contributed by atoms with E-state index in [4.69, 9.17) is 0 Å². The van der Waals surface area contributed by atoms with Gasteiger partial charge in [0, 0.05) is 39.1 Å². The Balaban J connectivity index is 0.000000237. The first kappa shape index (κ1) is 34.2. The van der Waals surface area contributed by atoms with Crippen LogP contribution in [-0.4, -0.2) is 78.7 Å². The topological polar surface area (TPSA) is 14.7 Å². The molecule has 1 aliphatic carbocycles. The molecule has 0 amide bonds. The SMILES string of the molecule is C.C1C2CC3CC1CN(C2)C3.C1CN2CCC1CC2.CC.CC.CN1CCCCCC1.Cn1cccc1. The van der Waals surface area contributed by atoms with Crippen molar-refractivity contribution in [2.75, 3.05) is 59.4 Å². The summed E-state index contributed by atoms with van der Waals surface area (Å²) < 4.78 is 2.00. The zero-order valence-corrected chi connectivity index (χ0v) is 25.1. The fraction of sp³-hybridized carbons (Fsp3) is 0.879. The molecule has 1 aromatic rings. The Morgan fingerprint density at radius 3 is 1.16 bits per heavy atom. The lowest BCUT2D eigenvalue weighted by molar-refractivity contribution is -0.0169. The first-order valence-electron chi connectivity index (χ1n) is 15.8. The second kappa shape index (κ2) is 20.1. The van der Waals surface area contributed by atoms with E-state index >= 15 is 0 Å². The lowest BCUT2D eigenvalue weighted by Crippen LogP contribution is -2.53. The van der Waals surface area contributed by atoms with Gasteiger partial charge in [0.15, 0.2) is 0 Å². The second-order valence-corrected chi connectivity index (χ2v) is 11.7. The average molecular weight is 519 g/mol. The highest BCUT2D eigenvalue weighted by Crippen LogP contribution is 2.42. The molecule has 218 valence electrons. The zero-order chi connectivity index (χ0) is 26.2. The summed E-state index contributed by atoms with van der Waals surface area (Å²) in [5.41, 5.74) is 0. The Bertz CT molecular complexity index is 533. The van der Waals surface area contributed by atoms with Crippen LogP contribution in [0.15, 0.2) is 24.5 Å². The molecule has 0 atom stereocenters. The number of rotatable bonds is 0. The fourth-order valence-corrected chi connectivity index (χ4v) is 6.98. The number of nitrogens with zero attached hydrogens (tertiary/aromatic N) is 4. The van der Waals surface area contributed by atoms with E-state index in [-0.39, 0.29) is 7.43 Å². The molecule has 7 aliphatic heterocycles. The molecule has 4 nitrogen and oxygen atoms in total. The number of hydrogen-bond donors (Lipinski definition) is 0. The van der Waals surface area contributed by atoms with E-state index in [1.54, 1.807) is 19.3 Å². The molecule has 4 heteroatoms. The summed E-state index contributed by atoms with van der Waals surface area (Å²) in [6.07, 6.45) is 18.9. The minimum atomic E-state index is 0. The number of fused-ring (bicyclic) bond motifs is 3. The van der Waals surface area contributed by atoms with Crippen molar-refractivity contribution in [3.63, 3.8) is 0 Å². The smallest absolute Gasteiger partial charge is 0.0106 e. The Kier molecular flexibility index (Phi) is 18.6. The molecule has 8 fully saturated rings. The van der Waals surface area contributed by atoms with E-state index in [2.05, 4.69) is 21.7 Å². The Morgan fingerprint density at radius 1 is 0.514 bits per heavy atom. The Labute approximate surface area is 233 Å². The highest BCUT2D eigenvalue weighted by atomic mass is 15.2. The van der Waals surface area contributed by atoms with Crippen LogP contribution in [0.3, 0.4) is 0 Å². The molecule has 0 N–H and O–H groups in total. The van der Waals surface area contributed by atoms with E-state index in [0.29, 0.717) is 0 Å². The van der Waals surface area contributed by atoms with E-state index in [1.165, 1.54) is 97.3 Å². The summed E-state index contributed by atoms with van der Waals surface area (Å²) in [4.78, 5) is 7.70. The van der Waals surface area contributed by atoms with Crippen LogP contribution in [0.2, 0.25) is 0 Å². The van der Waals surface area contributed by atoms with Gasteiger partial charge in [0.25, 0.3) is 0 Å². The highest BCUT2D eigenvalue weighted by molar-refractivity contribution is 4.93. The third kappa shape index (κ3) is 13.2. The van der Waals surface area contributed by atoms with E-state index in [9.17, 15) is 0 Å². The van der Waals surface area contributed by atoms with Crippen LogP contribution in [0.5, 0.6) is 0 Å². The fourth-order valence-electron chi connectivity index (χ4n) is 6.98. The predicted octanol–water partition coefficient (Wildman–Crippen LogP) is 7.66. The zero-order valence-electron chi connectivity index (χ0n) is 25.1. The van der Waals surface area contributed by atoms with Crippen LogP contribution in [0.1, 0.15) is 99.3 Å². The number of hydrogen-bond acceptors (Lipinski definition) is 3. The molecule has 1 aromatic heterocycles. The minimum absolute atomic E-state index is 0. The quantitative estimate of drug-likeness (QED) is 0.350. The third-order valence-corrected chi connectivity index (χ3v) is 8.69. The summed E-state index contributed by atoms with van der Waals surface area (Å²) in [5, 5.41) is 0. The van der Waals surface area contributed by atoms with Crippen molar-refractivity contribution in [1.29, 1.82) is 0 Å². The number of aromatic nitrogens is 1. The molecule has 0 spiro atoms. The largest absolute Gasteiger partial charge is 0.357 e. The molecule has 0 radical (unpaired) electrons. The predicted molar refractivity (Wildman–Crippen MR) is 165 cm³/mol. The molecule has 1 saturated carbocycles. The van der Waals surface area contributed by atoms with Gasteiger partial charge in [-0.15, -0.1) is 0 Å². The molecule has 8 aliphatic rings. The van der Waals surface area contributed by atoms with Gasteiger partial charge < -0.3 is 19.3 Å². The molecule has 0 unspecified atom stereocenters. The van der Waals surface area contributed by atoms with Crippen LogP contribution in [-0.2, 0) is 7.05 Å². The molecule has 0 aromatic carbocycles. The summed E-state index contributed by atoms with van der Waals surface area (Å²) in [6, 6.07) is 4.00. The molecule has 6 bridgehead atoms. The summed E-state index contributed by atoms with van der Waals surface area (Å²) in [5.74, 6) is 4.42. The molecule has 8 heterocycles. The number of likely N-dealkylation sites (tertiary alicyclic amines) is 1. The van der Waals surface area contributed by atoms with Crippen LogP contribution in [0.25, 0.3) is 0 Å². The van der Waals surface area contributed by atoms with Gasteiger partial charge in [-0.25, -0.2) is 0 Å². The highest BCUT2D eigenvalue weighted by Gasteiger charge is 2.40. The standard InChI is InChI=1S/C9H15N.C7H13N.C7H15N.C5H7N.2C2H6.CH4/c1-7-2-9-3-8(1)5-10(4-7)6-9;1-4-8-5-2-7(1)3-6-8;1-8-6-4-2-3-5-7-8;1-6-4-2-3-5-6;2*1-2;/h7-9H,1-6H2;7H,1-6H2;2-7H2,1H3;2-5H,1H3;2*1-2H3;1H4. The number of aryl methyl sites for hydroxylation is 1. The first-order valence-corrected chi connectivity index (χ1v) is 15.8. The lowest BCUT2D eigenvalue weighted by atomic mass is 9.68. The monoisotopic (exact) mass is 519 g/mol. The van der Waals surface area contributed by atoms with Crippen molar-refractivity contribution < 1.29 is 0 Å². The average Bonchev–Trinajstić information content (AvgIpc) is 3.28. The van der Waals surface area contributed by atoms with Crippen molar-refractivity contribution in [2.24, 2.45) is 30.7 Å². The maximum absolute atomic E-state index is 2.69. The van der Waals surface area contributed by atoms with Crippen LogP contribution in [0.4, 0.5) is 0 Å². The van der Waals surface area contributed by atoms with Crippen LogP contribution >= 0.6 is 0 Å². The summed E-state index contributed by atoms with van der Waals surface area (Å²) in [6.45, 7) is 19.1.